The lowest BCUT2D eigenvalue weighted by molar-refractivity contribution is -0.141. The number of methoxy groups -OCH3 is 2. The van der Waals surface area contributed by atoms with Crippen molar-refractivity contribution in [3.05, 3.63) is 51.5 Å². The van der Waals surface area contributed by atoms with Crippen LogP contribution in [0.1, 0.15) is 64.9 Å². The summed E-state index contributed by atoms with van der Waals surface area (Å²) >= 11 is 2.45. The van der Waals surface area contributed by atoms with Crippen LogP contribution in [0.15, 0.2) is 30.3 Å². The summed E-state index contributed by atoms with van der Waals surface area (Å²) in [6.07, 6.45) is 1.06. The van der Waals surface area contributed by atoms with Gasteiger partial charge in [-0.05, 0) is 55.0 Å². The third kappa shape index (κ3) is 7.22. The van der Waals surface area contributed by atoms with Crippen molar-refractivity contribution in [3.63, 3.8) is 0 Å². The Hall–Kier alpha value is -3.83. The number of hydrogen-bond acceptors (Lipinski definition) is 9. The van der Waals surface area contributed by atoms with Gasteiger partial charge in [0.15, 0.2) is 28.9 Å². The Morgan fingerprint density at radius 1 is 0.860 bits per heavy atom. The summed E-state index contributed by atoms with van der Waals surface area (Å²) < 4.78 is 33.8. The van der Waals surface area contributed by atoms with E-state index in [0.29, 0.717) is 33.0 Å². The zero-order valence-corrected chi connectivity index (χ0v) is 26.2. The second-order valence-electron chi connectivity index (χ2n) is 10.5. The van der Waals surface area contributed by atoms with Crippen molar-refractivity contribution in [1.82, 2.24) is 0 Å². The second-order valence-corrected chi connectivity index (χ2v) is 12.7. The Labute approximate surface area is 256 Å². The van der Waals surface area contributed by atoms with Gasteiger partial charge in [-0.3, -0.25) is 19.2 Å². The highest BCUT2D eigenvalue weighted by molar-refractivity contribution is 7.21. The molecule has 2 heterocycles. The Balaban J connectivity index is 1.47. The summed E-state index contributed by atoms with van der Waals surface area (Å²) in [6.45, 7) is 4.82. The molecule has 2 aromatic carbocycles. The van der Waals surface area contributed by atoms with Gasteiger partial charge in [-0.1, -0.05) is 13.8 Å². The fourth-order valence-electron chi connectivity index (χ4n) is 4.59. The highest BCUT2D eigenvalue weighted by atomic mass is 32.1. The molecule has 0 saturated heterocycles. The number of ether oxygens (including phenoxy) is 3. The van der Waals surface area contributed by atoms with E-state index in [-0.39, 0.29) is 53.7 Å². The van der Waals surface area contributed by atoms with Crippen molar-refractivity contribution in [3.8, 4) is 17.2 Å². The molecule has 0 amide bonds. The molecule has 0 aliphatic carbocycles. The van der Waals surface area contributed by atoms with Gasteiger partial charge >= 0.3 is 5.97 Å². The topological polar surface area (TPSA) is 116 Å². The van der Waals surface area contributed by atoms with Crippen LogP contribution in [-0.2, 0) is 16.0 Å². The van der Waals surface area contributed by atoms with Crippen LogP contribution < -0.4 is 14.2 Å². The minimum Gasteiger partial charge on any atom is -0.496 e. The molecule has 2 aromatic heterocycles. The van der Waals surface area contributed by atoms with Gasteiger partial charge in [0.2, 0.25) is 0 Å². The molecule has 0 fully saturated rings. The smallest absolute Gasteiger partial charge is 0.306 e. The van der Waals surface area contributed by atoms with Gasteiger partial charge in [0.05, 0.1) is 36.5 Å². The summed E-state index contributed by atoms with van der Waals surface area (Å²) in [5.74, 6) is -2.48. The monoisotopic (exact) mass is 628 g/mol. The zero-order chi connectivity index (χ0) is 31.4. The van der Waals surface area contributed by atoms with Gasteiger partial charge in [-0.2, -0.15) is 0 Å². The first-order chi connectivity index (χ1) is 20.4. The molecule has 0 aliphatic rings. The van der Waals surface area contributed by atoms with Crippen molar-refractivity contribution in [2.75, 3.05) is 20.8 Å². The molecule has 8 nitrogen and oxygen atoms in total. The lowest BCUT2D eigenvalue weighted by atomic mass is 10.00. The van der Waals surface area contributed by atoms with E-state index in [9.17, 15) is 19.2 Å². The van der Waals surface area contributed by atoms with E-state index in [1.54, 1.807) is 26.2 Å². The first kappa shape index (κ1) is 32.1. The molecule has 11 heteroatoms. The quantitative estimate of drug-likeness (QED) is 0.107. The number of aryl methyl sites for hydroxylation is 1. The average Bonchev–Trinajstić information content (AvgIpc) is 3.59. The molecule has 4 aromatic rings. The molecule has 0 saturated carbocycles. The largest absolute Gasteiger partial charge is 0.496 e. The lowest BCUT2D eigenvalue weighted by Gasteiger charge is -2.13. The molecule has 0 spiro atoms. The van der Waals surface area contributed by atoms with Gasteiger partial charge in [-0.15, -0.1) is 22.7 Å². The molecule has 43 heavy (non-hydrogen) atoms. The number of halogens is 1. The molecule has 0 aliphatic heterocycles. The third-order valence-electron chi connectivity index (χ3n) is 7.31. The van der Waals surface area contributed by atoms with Crippen LogP contribution in [0.4, 0.5) is 4.39 Å². The standard InChI is InChI=1S/C32H33FO8S2/c1-16(18(3)34)9-22(35)29-13-21-27(43-29)15-25(40-5)31(30(21)33)41-8-6-7-19-11-20-12-28(23(36)10-17(2)32(37)38)42-26(20)14-24(19)39-4/h11-17H,6-10H2,1-5H3,(H,37,38)/t16-,17-/m1/s1. The van der Waals surface area contributed by atoms with E-state index in [1.807, 2.05) is 12.1 Å². The maximum absolute atomic E-state index is 15.6. The average molecular weight is 629 g/mol. The normalized spacial score (nSPS) is 12.7. The summed E-state index contributed by atoms with van der Waals surface area (Å²) in [6, 6.07) is 8.71. The van der Waals surface area contributed by atoms with Crippen LogP contribution in [0, 0.1) is 17.7 Å². The van der Waals surface area contributed by atoms with E-state index in [2.05, 4.69) is 0 Å². The number of carboxylic acid groups (broad SMARTS) is 1. The summed E-state index contributed by atoms with van der Waals surface area (Å²) in [5, 5.41) is 10.2. The van der Waals surface area contributed by atoms with Crippen LogP contribution in [0.25, 0.3) is 20.2 Å². The Kier molecular flexibility index (Phi) is 10.2. The Bertz CT molecular complexity index is 1700. The van der Waals surface area contributed by atoms with E-state index >= 15 is 4.39 Å². The van der Waals surface area contributed by atoms with E-state index in [1.165, 1.54) is 38.4 Å². The van der Waals surface area contributed by atoms with Crippen LogP contribution >= 0.6 is 22.7 Å². The van der Waals surface area contributed by atoms with E-state index in [4.69, 9.17) is 19.3 Å². The predicted octanol–water partition coefficient (Wildman–Crippen LogP) is 7.38. The number of ketones is 3. The van der Waals surface area contributed by atoms with Gasteiger partial charge in [-0.25, -0.2) is 4.39 Å². The first-order valence-corrected chi connectivity index (χ1v) is 15.4. The number of carboxylic acids is 1. The van der Waals surface area contributed by atoms with Crippen LogP contribution in [-0.4, -0.2) is 49.3 Å². The number of thiophene rings is 2. The zero-order valence-electron chi connectivity index (χ0n) is 24.6. The van der Waals surface area contributed by atoms with Crippen molar-refractivity contribution in [2.45, 2.75) is 46.5 Å². The Morgan fingerprint density at radius 2 is 1.47 bits per heavy atom. The molecule has 228 valence electrons. The molecular formula is C32H33FO8S2. The van der Waals surface area contributed by atoms with Crippen molar-refractivity contribution in [1.29, 1.82) is 0 Å². The SMILES string of the molecule is COc1cc2sc(C(=O)C[C@@H](C)C(=O)O)cc2cc1CCCOc1c(OC)cc2sc(C(=O)C[C@@H](C)C(C)=O)cc2c1F. The van der Waals surface area contributed by atoms with Crippen LogP contribution in [0.3, 0.4) is 0 Å². The fourth-order valence-corrected chi connectivity index (χ4v) is 6.64. The summed E-state index contributed by atoms with van der Waals surface area (Å²) in [5.41, 5.74) is 0.887. The van der Waals surface area contributed by atoms with Crippen LogP contribution in [0.5, 0.6) is 17.2 Å². The highest BCUT2D eigenvalue weighted by Crippen LogP contribution is 2.41. The van der Waals surface area contributed by atoms with Crippen LogP contribution in [0.2, 0.25) is 0 Å². The summed E-state index contributed by atoms with van der Waals surface area (Å²) in [4.78, 5) is 48.9. The fraction of sp³-hybridized carbons (Fsp3) is 0.375. The van der Waals surface area contributed by atoms with Crippen molar-refractivity contribution in [2.24, 2.45) is 11.8 Å². The second kappa shape index (κ2) is 13.6. The molecule has 0 radical (unpaired) electrons. The molecule has 4 rings (SSSR count). The van der Waals surface area contributed by atoms with Gasteiger partial charge < -0.3 is 19.3 Å². The van der Waals surface area contributed by atoms with Crippen molar-refractivity contribution >= 4 is 66.2 Å². The third-order valence-corrected chi connectivity index (χ3v) is 9.57. The number of hydrogen-bond donors (Lipinski definition) is 1. The molecule has 0 unspecified atom stereocenters. The maximum Gasteiger partial charge on any atom is 0.306 e. The molecule has 0 bridgehead atoms. The molecule has 1 N–H and O–H groups in total. The van der Waals surface area contributed by atoms with E-state index < -0.39 is 23.6 Å². The predicted molar refractivity (Wildman–Crippen MR) is 165 cm³/mol. The number of carbonyl (C=O) groups is 4. The number of fused-ring (bicyclic) bond motifs is 2. The maximum atomic E-state index is 15.6. The number of benzene rings is 2. The van der Waals surface area contributed by atoms with Gasteiger partial charge in [0.1, 0.15) is 11.5 Å². The van der Waals surface area contributed by atoms with E-state index in [0.717, 1.165) is 27.0 Å². The Morgan fingerprint density at radius 3 is 2.09 bits per heavy atom. The number of rotatable bonds is 15. The minimum atomic E-state index is -1.01. The highest BCUT2D eigenvalue weighted by Gasteiger charge is 2.23. The number of Topliss-reactive ketones (excluding diaryl/α,β-unsaturated/α-hetero) is 3. The lowest BCUT2D eigenvalue weighted by Crippen LogP contribution is -2.13. The van der Waals surface area contributed by atoms with Gasteiger partial charge in [0, 0.05) is 39.6 Å². The number of aliphatic carboxylic acids is 1. The van der Waals surface area contributed by atoms with Crippen molar-refractivity contribution < 1.29 is 42.9 Å². The number of carbonyl (C=O) groups excluding carboxylic acids is 3. The molecular weight excluding hydrogens is 595 g/mol. The minimum absolute atomic E-state index is 0.0390. The first-order valence-electron chi connectivity index (χ1n) is 13.8. The molecule has 2 atom stereocenters. The van der Waals surface area contributed by atoms with Gasteiger partial charge in [0.25, 0.3) is 0 Å². The summed E-state index contributed by atoms with van der Waals surface area (Å²) in [7, 11) is 2.98.